The molecule has 0 unspecified atom stereocenters. The van der Waals surface area contributed by atoms with Crippen molar-refractivity contribution in [3.63, 3.8) is 0 Å². The molecule has 0 aliphatic heterocycles. The topological polar surface area (TPSA) is 75.6 Å². The van der Waals surface area contributed by atoms with Crippen molar-refractivity contribution < 1.29 is 19.4 Å². The summed E-state index contributed by atoms with van der Waals surface area (Å²) in [6.45, 7) is 0.450. The van der Waals surface area contributed by atoms with Crippen LogP contribution in [0.2, 0.25) is 0 Å². The van der Waals surface area contributed by atoms with Crippen LogP contribution in [0.4, 0.5) is 0 Å². The van der Waals surface area contributed by atoms with Crippen molar-refractivity contribution in [2.45, 2.75) is 6.42 Å². The Bertz CT molecular complexity index is 623. The van der Waals surface area contributed by atoms with E-state index in [1.807, 2.05) is 30.3 Å². The Morgan fingerprint density at radius 1 is 1.00 bits per heavy atom. The average molecular weight is 299 g/mol. The molecule has 0 spiro atoms. The second kappa shape index (κ2) is 7.83. The summed E-state index contributed by atoms with van der Waals surface area (Å²) in [5.74, 6) is -0.744. The summed E-state index contributed by atoms with van der Waals surface area (Å²) in [5.41, 5.74) is 1.34. The second-order valence-electron chi connectivity index (χ2n) is 4.70. The van der Waals surface area contributed by atoms with Crippen LogP contribution in [0.25, 0.3) is 0 Å². The normalized spacial score (nSPS) is 10.0. The van der Waals surface area contributed by atoms with E-state index in [1.54, 1.807) is 0 Å². The number of carbonyl (C=O) groups is 2. The Morgan fingerprint density at radius 3 is 2.32 bits per heavy atom. The Labute approximate surface area is 128 Å². The van der Waals surface area contributed by atoms with Gasteiger partial charge in [-0.3, -0.25) is 4.79 Å². The van der Waals surface area contributed by atoms with Gasteiger partial charge in [-0.2, -0.15) is 0 Å². The van der Waals surface area contributed by atoms with Crippen LogP contribution in [0.3, 0.4) is 0 Å². The molecule has 2 aromatic carbocycles. The van der Waals surface area contributed by atoms with Gasteiger partial charge in [0, 0.05) is 6.54 Å². The number of hydrogen-bond donors (Lipinski definition) is 2. The van der Waals surface area contributed by atoms with Crippen LogP contribution in [-0.4, -0.2) is 30.1 Å². The highest BCUT2D eigenvalue weighted by molar-refractivity contribution is 5.87. The van der Waals surface area contributed by atoms with Crippen molar-refractivity contribution in [1.29, 1.82) is 0 Å². The molecule has 0 saturated heterocycles. The summed E-state index contributed by atoms with van der Waals surface area (Å²) < 4.78 is 5.30. The number of carbonyl (C=O) groups excluding carboxylic acids is 1. The lowest BCUT2D eigenvalue weighted by molar-refractivity contribution is -0.123. The minimum Gasteiger partial charge on any atom is -0.484 e. The molecule has 2 N–H and O–H groups in total. The predicted octanol–water partition coefficient (Wildman–Crippen LogP) is 2.12. The molecule has 5 heteroatoms. The number of rotatable bonds is 7. The highest BCUT2D eigenvalue weighted by atomic mass is 16.5. The molecule has 2 rings (SSSR count). The molecule has 1 amide bonds. The SMILES string of the molecule is O=C(COc1ccc(C(=O)O)cc1)NCCc1ccccc1. The third kappa shape index (κ3) is 4.94. The molecule has 0 aliphatic carbocycles. The summed E-state index contributed by atoms with van der Waals surface area (Å²) in [5, 5.41) is 11.6. The van der Waals surface area contributed by atoms with Gasteiger partial charge < -0.3 is 15.2 Å². The van der Waals surface area contributed by atoms with Crippen LogP contribution in [0.15, 0.2) is 54.6 Å². The summed E-state index contributed by atoms with van der Waals surface area (Å²) >= 11 is 0. The highest BCUT2D eigenvalue weighted by Crippen LogP contribution is 2.11. The monoisotopic (exact) mass is 299 g/mol. The molecule has 0 aliphatic rings. The number of benzene rings is 2. The first-order valence-corrected chi connectivity index (χ1v) is 6.92. The van der Waals surface area contributed by atoms with Crippen molar-refractivity contribution in [2.75, 3.05) is 13.2 Å². The van der Waals surface area contributed by atoms with Gasteiger partial charge in [0.2, 0.25) is 0 Å². The standard InChI is InChI=1S/C17H17NO4/c19-16(18-11-10-13-4-2-1-3-5-13)12-22-15-8-6-14(7-9-15)17(20)21/h1-9H,10-12H2,(H,18,19)(H,20,21). The van der Waals surface area contributed by atoms with Crippen LogP contribution in [0, 0.1) is 0 Å². The Kier molecular flexibility index (Phi) is 5.54. The van der Waals surface area contributed by atoms with Crippen LogP contribution >= 0.6 is 0 Å². The Balaban J connectivity index is 1.70. The van der Waals surface area contributed by atoms with Crippen LogP contribution in [0.5, 0.6) is 5.75 Å². The maximum absolute atomic E-state index is 11.7. The summed E-state index contributed by atoms with van der Waals surface area (Å²) in [6, 6.07) is 15.8. The fourth-order valence-corrected chi connectivity index (χ4v) is 1.88. The minimum atomic E-state index is -0.995. The van der Waals surface area contributed by atoms with E-state index < -0.39 is 5.97 Å². The molecule has 0 atom stereocenters. The first-order chi connectivity index (χ1) is 10.6. The van der Waals surface area contributed by atoms with Gasteiger partial charge in [0.1, 0.15) is 5.75 Å². The lowest BCUT2D eigenvalue weighted by Crippen LogP contribution is -2.30. The zero-order valence-corrected chi connectivity index (χ0v) is 12.0. The van der Waals surface area contributed by atoms with Gasteiger partial charge in [-0.1, -0.05) is 30.3 Å². The van der Waals surface area contributed by atoms with E-state index in [4.69, 9.17) is 9.84 Å². The van der Waals surface area contributed by atoms with Gasteiger partial charge in [0.05, 0.1) is 5.56 Å². The molecule has 0 fully saturated rings. The molecule has 0 heterocycles. The highest BCUT2D eigenvalue weighted by Gasteiger charge is 2.05. The van der Waals surface area contributed by atoms with Gasteiger partial charge >= 0.3 is 5.97 Å². The molecular formula is C17H17NO4. The molecule has 5 nitrogen and oxygen atoms in total. The van der Waals surface area contributed by atoms with E-state index in [0.29, 0.717) is 12.3 Å². The van der Waals surface area contributed by atoms with Crippen molar-refractivity contribution >= 4 is 11.9 Å². The van der Waals surface area contributed by atoms with Gasteiger partial charge in [0.25, 0.3) is 5.91 Å². The molecule has 22 heavy (non-hydrogen) atoms. The first kappa shape index (κ1) is 15.6. The van der Waals surface area contributed by atoms with E-state index in [-0.39, 0.29) is 18.1 Å². The van der Waals surface area contributed by atoms with E-state index in [1.165, 1.54) is 24.3 Å². The van der Waals surface area contributed by atoms with Gasteiger partial charge in [-0.25, -0.2) is 4.79 Å². The van der Waals surface area contributed by atoms with Crippen molar-refractivity contribution in [2.24, 2.45) is 0 Å². The fourth-order valence-electron chi connectivity index (χ4n) is 1.88. The molecule has 0 bridgehead atoms. The molecule has 2 aromatic rings. The van der Waals surface area contributed by atoms with Crippen LogP contribution < -0.4 is 10.1 Å². The van der Waals surface area contributed by atoms with Gasteiger partial charge in [-0.05, 0) is 36.2 Å². The van der Waals surface area contributed by atoms with Crippen LogP contribution in [0.1, 0.15) is 15.9 Å². The number of carboxylic acid groups (broad SMARTS) is 1. The van der Waals surface area contributed by atoms with Crippen molar-refractivity contribution in [1.82, 2.24) is 5.32 Å². The Morgan fingerprint density at radius 2 is 1.68 bits per heavy atom. The zero-order valence-electron chi connectivity index (χ0n) is 12.0. The predicted molar refractivity (Wildman–Crippen MR) is 82.1 cm³/mol. The lowest BCUT2D eigenvalue weighted by atomic mass is 10.1. The summed E-state index contributed by atoms with van der Waals surface area (Å²) in [6.07, 6.45) is 0.764. The van der Waals surface area contributed by atoms with Crippen molar-refractivity contribution in [3.8, 4) is 5.75 Å². The van der Waals surface area contributed by atoms with E-state index in [2.05, 4.69) is 5.32 Å². The molecule has 0 saturated carbocycles. The fraction of sp³-hybridized carbons (Fsp3) is 0.176. The second-order valence-corrected chi connectivity index (χ2v) is 4.70. The van der Waals surface area contributed by atoms with E-state index in [0.717, 1.165) is 12.0 Å². The Hall–Kier alpha value is -2.82. The zero-order chi connectivity index (χ0) is 15.8. The number of amides is 1. The molecular weight excluding hydrogens is 282 g/mol. The first-order valence-electron chi connectivity index (χ1n) is 6.92. The summed E-state index contributed by atoms with van der Waals surface area (Å²) in [4.78, 5) is 22.4. The lowest BCUT2D eigenvalue weighted by Gasteiger charge is -2.08. The third-order valence-corrected chi connectivity index (χ3v) is 3.05. The largest absolute Gasteiger partial charge is 0.484 e. The molecule has 114 valence electrons. The molecule has 0 radical (unpaired) electrons. The maximum atomic E-state index is 11.7. The number of hydrogen-bond acceptors (Lipinski definition) is 3. The number of carboxylic acids is 1. The van der Waals surface area contributed by atoms with Gasteiger partial charge in [0.15, 0.2) is 6.61 Å². The maximum Gasteiger partial charge on any atom is 0.335 e. The molecule has 0 aromatic heterocycles. The van der Waals surface area contributed by atoms with Crippen LogP contribution in [-0.2, 0) is 11.2 Å². The number of ether oxygens (including phenoxy) is 1. The third-order valence-electron chi connectivity index (χ3n) is 3.05. The quantitative estimate of drug-likeness (QED) is 0.821. The number of nitrogens with one attached hydrogen (secondary N) is 1. The smallest absolute Gasteiger partial charge is 0.335 e. The van der Waals surface area contributed by atoms with Gasteiger partial charge in [-0.15, -0.1) is 0 Å². The van der Waals surface area contributed by atoms with Crippen molar-refractivity contribution in [3.05, 3.63) is 65.7 Å². The minimum absolute atomic E-state index is 0.0960. The average Bonchev–Trinajstić information content (AvgIpc) is 2.54. The number of aromatic carboxylic acids is 1. The van der Waals surface area contributed by atoms with E-state index >= 15 is 0 Å². The van der Waals surface area contributed by atoms with E-state index in [9.17, 15) is 9.59 Å². The summed E-state index contributed by atoms with van der Waals surface area (Å²) in [7, 11) is 0.